The molecule has 2 rings (SSSR count). The summed E-state index contributed by atoms with van der Waals surface area (Å²) in [5.74, 6) is 1.03. The van der Waals surface area contributed by atoms with Gasteiger partial charge in [-0.2, -0.15) is 0 Å². The quantitative estimate of drug-likeness (QED) is 0.681. The normalized spacial score (nSPS) is 16.2. The molecule has 0 aromatic heterocycles. The van der Waals surface area contributed by atoms with Crippen molar-refractivity contribution in [2.24, 2.45) is 0 Å². The lowest BCUT2D eigenvalue weighted by atomic mass is 10.2. The maximum absolute atomic E-state index is 5.81. The molecule has 3 heteroatoms. The van der Waals surface area contributed by atoms with Crippen molar-refractivity contribution in [3.63, 3.8) is 0 Å². The summed E-state index contributed by atoms with van der Waals surface area (Å²) in [7, 11) is 0. The Kier molecular flexibility index (Phi) is 6.89. The van der Waals surface area contributed by atoms with E-state index in [0.29, 0.717) is 0 Å². The predicted molar refractivity (Wildman–Crippen MR) is 82.4 cm³/mol. The van der Waals surface area contributed by atoms with E-state index in [1.807, 2.05) is 18.2 Å². The monoisotopic (exact) mass is 277 g/mol. The molecule has 1 fully saturated rings. The van der Waals surface area contributed by atoms with E-state index in [0.717, 1.165) is 45.1 Å². The molecule has 0 radical (unpaired) electrons. The lowest BCUT2D eigenvalue weighted by molar-refractivity contribution is 0.0371. The number of para-hydroxylation sites is 1. The SMILES string of the molecule is Cc1ccccc1OCCCCCCN1CCOCC1. The highest BCUT2D eigenvalue weighted by Gasteiger charge is 2.08. The summed E-state index contributed by atoms with van der Waals surface area (Å²) in [5.41, 5.74) is 1.22. The van der Waals surface area contributed by atoms with E-state index in [1.54, 1.807) is 0 Å². The Balaban J connectivity index is 1.46. The van der Waals surface area contributed by atoms with Crippen molar-refractivity contribution in [1.29, 1.82) is 0 Å². The van der Waals surface area contributed by atoms with Gasteiger partial charge in [0.25, 0.3) is 0 Å². The summed E-state index contributed by atoms with van der Waals surface area (Å²) in [6, 6.07) is 8.23. The molecule has 1 aromatic carbocycles. The summed E-state index contributed by atoms with van der Waals surface area (Å²) in [6.45, 7) is 8.18. The first-order chi connectivity index (χ1) is 9.86. The highest BCUT2D eigenvalue weighted by Crippen LogP contribution is 2.16. The summed E-state index contributed by atoms with van der Waals surface area (Å²) in [6.07, 6.45) is 5.01. The molecule has 1 aliphatic rings. The summed E-state index contributed by atoms with van der Waals surface area (Å²) in [5, 5.41) is 0. The van der Waals surface area contributed by atoms with Crippen LogP contribution >= 0.6 is 0 Å². The van der Waals surface area contributed by atoms with Crippen LogP contribution in [-0.2, 0) is 4.74 Å². The smallest absolute Gasteiger partial charge is 0.122 e. The fourth-order valence-electron chi connectivity index (χ4n) is 2.52. The molecule has 1 saturated heterocycles. The lowest BCUT2D eigenvalue weighted by Crippen LogP contribution is -2.36. The molecule has 0 amide bonds. The molecule has 1 aliphatic heterocycles. The Labute approximate surface area is 122 Å². The van der Waals surface area contributed by atoms with Gasteiger partial charge in [0, 0.05) is 13.1 Å². The number of nitrogens with zero attached hydrogens (tertiary/aromatic N) is 1. The van der Waals surface area contributed by atoms with Crippen molar-refractivity contribution in [2.45, 2.75) is 32.6 Å². The minimum Gasteiger partial charge on any atom is -0.493 e. The van der Waals surface area contributed by atoms with Crippen LogP contribution < -0.4 is 4.74 Å². The molecule has 0 N–H and O–H groups in total. The lowest BCUT2D eigenvalue weighted by Gasteiger charge is -2.26. The van der Waals surface area contributed by atoms with Crippen LogP contribution in [0.2, 0.25) is 0 Å². The molecule has 0 bridgehead atoms. The maximum Gasteiger partial charge on any atom is 0.122 e. The molecular weight excluding hydrogens is 250 g/mol. The van der Waals surface area contributed by atoms with Crippen molar-refractivity contribution >= 4 is 0 Å². The van der Waals surface area contributed by atoms with Crippen LogP contribution in [-0.4, -0.2) is 44.4 Å². The molecule has 1 heterocycles. The predicted octanol–water partition coefficient (Wildman–Crippen LogP) is 3.27. The molecule has 0 aliphatic carbocycles. The van der Waals surface area contributed by atoms with Gasteiger partial charge in [-0.25, -0.2) is 0 Å². The molecule has 20 heavy (non-hydrogen) atoms. The first-order valence-corrected chi connectivity index (χ1v) is 7.85. The Morgan fingerprint density at radius 1 is 1.05 bits per heavy atom. The number of hydrogen-bond acceptors (Lipinski definition) is 3. The van der Waals surface area contributed by atoms with E-state index in [-0.39, 0.29) is 0 Å². The second-order valence-electron chi connectivity index (χ2n) is 5.48. The largest absolute Gasteiger partial charge is 0.493 e. The summed E-state index contributed by atoms with van der Waals surface area (Å²) < 4.78 is 11.2. The Morgan fingerprint density at radius 2 is 1.80 bits per heavy atom. The van der Waals surface area contributed by atoms with Gasteiger partial charge >= 0.3 is 0 Å². The molecule has 1 aromatic rings. The molecule has 3 nitrogen and oxygen atoms in total. The van der Waals surface area contributed by atoms with Crippen molar-refractivity contribution in [2.75, 3.05) is 39.5 Å². The van der Waals surface area contributed by atoms with Crippen LogP contribution in [0.4, 0.5) is 0 Å². The fourth-order valence-corrected chi connectivity index (χ4v) is 2.52. The van der Waals surface area contributed by atoms with Crippen LogP contribution in [0.3, 0.4) is 0 Å². The Hall–Kier alpha value is -1.06. The van der Waals surface area contributed by atoms with Crippen LogP contribution in [0.5, 0.6) is 5.75 Å². The van der Waals surface area contributed by atoms with E-state index in [4.69, 9.17) is 9.47 Å². The van der Waals surface area contributed by atoms with E-state index in [1.165, 1.54) is 31.4 Å². The van der Waals surface area contributed by atoms with Gasteiger partial charge in [0.15, 0.2) is 0 Å². The zero-order valence-electron chi connectivity index (χ0n) is 12.6. The highest BCUT2D eigenvalue weighted by molar-refractivity contribution is 5.31. The topological polar surface area (TPSA) is 21.7 Å². The number of hydrogen-bond donors (Lipinski definition) is 0. The van der Waals surface area contributed by atoms with Crippen molar-refractivity contribution in [1.82, 2.24) is 4.90 Å². The highest BCUT2D eigenvalue weighted by atomic mass is 16.5. The van der Waals surface area contributed by atoms with Crippen LogP contribution in [0, 0.1) is 6.92 Å². The number of aryl methyl sites for hydroxylation is 1. The first kappa shape index (κ1) is 15.3. The molecular formula is C17H27NO2. The molecule has 112 valence electrons. The summed E-state index contributed by atoms with van der Waals surface area (Å²) >= 11 is 0. The van der Waals surface area contributed by atoms with Crippen LogP contribution in [0.1, 0.15) is 31.2 Å². The van der Waals surface area contributed by atoms with Gasteiger partial charge in [-0.15, -0.1) is 0 Å². The van der Waals surface area contributed by atoms with Gasteiger partial charge in [-0.05, 0) is 37.9 Å². The van der Waals surface area contributed by atoms with Gasteiger partial charge in [0.2, 0.25) is 0 Å². The average molecular weight is 277 g/mol. The van der Waals surface area contributed by atoms with Crippen molar-refractivity contribution in [3.8, 4) is 5.75 Å². The van der Waals surface area contributed by atoms with Crippen molar-refractivity contribution < 1.29 is 9.47 Å². The average Bonchev–Trinajstić information content (AvgIpc) is 2.49. The minimum absolute atomic E-state index is 0.836. The molecule has 0 atom stereocenters. The second kappa shape index (κ2) is 8.98. The maximum atomic E-state index is 5.81. The van der Waals surface area contributed by atoms with Gasteiger partial charge < -0.3 is 9.47 Å². The number of unbranched alkanes of at least 4 members (excludes halogenated alkanes) is 3. The van der Waals surface area contributed by atoms with Gasteiger partial charge in [0.1, 0.15) is 5.75 Å². The van der Waals surface area contributed by atoms with Crippen molar-refractivity contribution in [3.05, 3.63) is 29.8 Å². The van der Waals surface area contributed by atoms with E-state index >= 15 is 0 Å². The van der Waals surface area contributed by atoms with E-state index in [9.17, 15) is 0 Å². The molecule has 0 unspecified atom stereocenters. The Bertz CT molecular complexity index is 375. The molecule has 0 saturated carbocycles. The van der Waals surface area contributed by atoms with E-state index in [2.05, 4.69) is 17.9 Å². The number of ether oxygens (including phenoxy) is 2. The van der Waals surface area contributed by atoms with Crippen LogP contribution in [0.15, 0.2) is 24.3 Å². The zero-order valence-corrected chi connectivity index (χ0v) is 12.6. The third-order valence-electron chi connectivity index (χ3n) is 3.82. The minimum atomic E-state index is 0.836. The zero-order chi connectivity index (χ0) is 14.0. The standard InChI is InChI=1S/C17H27NO2/c1-16-8-4-5-9-17(16)20-13-7-3-2-6-10-18-11-14-19-15-12-18/h4-5,8-9H,2-3,6-7,10-15H2,1H3. The third-order valence-corrected chi connectivity index (χ3v) is 3.82. The van der Waals surface area contributed by atoms with Crippen LogP contribution in [0.25, 0.3) is 0 Å². The fraction of sp³-hybridized carbons (Fsp3) is 0.647. The molecule has 0 spiro atoms. The number of rotatable bonds is 8. The van der Waals surface area contributed by atoms with E-state index < -0.39 is 0 Å². The van der Waals surface area contributed by atoms with Gasteiger partial charge in [0.05, 0.1) is 19.8 Å². The number of benzene rings is 1. The number of morpholine rings is 1. The van der Waals surface area contributed by atoms with Gasteiger partial charge in [-0.3, -0.25) is 4.90 Å². The summed E-state index contributed by atoms with van der Waals surface area (Å²) in [4.78, 5) is 2.51. The third kappa shape index (κ3) is 5.51. The Morgan fingerprint density at radius 3 is 2.60 bits per heavy atom. The second-order valence-corrected chi connectivity index (χ2v) is 5.48. The van der Waals surface area contributed by atoms with Gasteiger partial charge in [-0.1, -0.05) is 31.0 Å². The first-order valence-electron chi connectivity index (χ1n) is 7.85.